The van der Waals surface area contributed by atoms with Crippen LogP contribution in [0.1, 0.15) is 11.1 Å². The predicted molar refractivity (Wildman–Crippen MR) is 89.7 cm³/mol. The average molecular weight is 294 g/mol. The van der Waals surface area contributed by atoms with E-state index in [0.717, 1.165) is 19.5 Å². The van der Waals surface area contributed by atoms with Gasteiger partial charge in [-0.1, -0.05) is 48.5 Å². The largest absolute Gasteiger partial charge is 0.343 e. The van der Waals surface area contributed by atoms with Gasteiger partial charge in [-0.3, -0.25) is 4.79 Å². The molecule has 0 unspecified atom stereocenters. The number of likely N-dealkylation sites (N-methyl/N-ethyl adjacent to an activating group) is 1. The Labute approximate surface area is 132 Å². The van der Waals surface area contributed by atoms with Gasteiger partial charge in [0.15, 0.2) is 0 Å². The quantitative estimate of drug-likeness (QED) is 0.944. The maximum Gasteiger partial charge on any atom is 0.239 e. The van der Waals surface area contributed by atoms with Gasteiger partial charge in [0.05, 0.1) is 6.04 Å². The van der Waals surface area contributed by atoms with Crippen molar-refractivity contribution in [2.24, 2.45) is 0 Å². The van der Waals surface area contributed by atoms with Crippen LogP contribution in [0, 0.1) is 6.92 Å². The van der Waals surface area contributed by atoms with Gasteiger partial charge in [0.1, 0.15) is 0 Å². The zero-order valence-corrected chi connectivity index (χ0v) is 13.2. The standard InChI is InChI=1S/C19H22N2O/c1-14-6-3-4-9-17(14)16-8-5-7-15(12-16)13-18-19(22)21(2)11-10-20-18/h3-9,12,18,20H,10-11,13H2,1-2H3/t18-/m1/s1. The summed E-state index contributed by atoms with van der Waals surface area (Å²) in [7, 11) is 1.87. The van der Waals surface area contributed by atoms with E-state index in [1.165, 1.54) is 22.3 Å². The molecule has 114 valence electrons. The van der Waals surface area contributed by atoms with Gasteiger partial charge in [-0.05, 0) is 35.6 Å². The summed E-state index contributed by atoms with van der Waals surface area (Å²) in [6.45, 7) is 3.78. The van der Waals surface area contributed by atoms with Gasteiger partial charge >= 0.3 is 0 Å². The molecule has 22 heavy (non-hydrogen) atoms. The van der Waals surface area contributed by atoms with Crippen molar-refractivity contribution in [3.63, 3.8) is 0 Å². The van der Waals surface area contributed by atoms with E-state index in [0.29, 0.717) is 0 Å². The Balaban J connectivity index is 1.83. The van der Waals surface area contributed by atoms with Crippen molar-refractivity contribution in [3.05, 3.63) is 59.7 Å². The van der Waals surface area contributed by atoms with Crippen molar-refractivity contribution < 1.29 is 4.79 Å². The number of benzene rings is 2. The molecule has 1 atom stereocenters. The SMILES string of the molecule is Cc1ccccc1-c1cccc(C[C@H]2NCCN(C)C2=O)c1. The highest BCUT2D eigenvalue weighted by molar-refractivity contribution is 5.82. The second-order valence-electron chi connectivity index (χ2n) is 5.99. The maximum atomic E-state index is 12.2. The molecule has 1 N–H and O–H groups in total. The molecule has 3 nitrogen and oxygen atoms in total. The van der Waals surface area contributed by atoms with Gasteiger partial charge in [-0.15, -0.1) is 0 Å². The number of piperazine rings is 1. The van der Waals surface area contributed by atoms with Crippen molar-refractivity contribution in [2.45, 2.75) is 19.4 Å². The lowest BCUT2D eigenvalue weighted by molar-refractivity contribution is -0.134. The summed E-state index contributed by atoms with van der Waals surface area (Å²) in [4.78, 5) is 14.0. The smallest absolute Gasteiger partial charge is 0.239 e. The fourth-order valence-electron chi connectivity index (χ4n) is 3.03. The number of nitrogens with zero attached hydrogens (tertiary/aromatic N) is 1. The summed E-state index contributed by atoms with van der Waals surface area (Å²) in [6, 6.07) is 16.8. The molecule has 0 aliphatic carbocycles. The Bertz CT molecular complexity index is 681. The minimum Gasteiger partial charge on any atom is -0.343 e. The molecule has 3 rings (SSSR count). The molecule has 0 bridgehead atoms. The van der Waals surface area contributed by atoms with Gasteiger partial charge in [-0.2, -0.15) is 0 Å². The average Bonchev–Trinajstić information content (AvgIpc) is 2.53. The Hall–Kier alpha value is -2.13. The summed E-state index contributed by atoms with van der Waals surface area (Å²) in [5.41, 5.74) is 4.93. The highest BCUT2D eigenvalue weighted by atomic mass is 16.2. The molecule has 1 aliphatic heterocycles. The predicted octanol–water partition coefficient (Wildman–Crippen LogP) is 2.63. The number of aryl methyl sites for hydroxylation is 1. The van der Waals surface area contributed by atoms with Crippen LogP contribution in [0.25, 0.3) is 11.1 Å². The second kappa shape index (κ2) is 6.32. The van der Waals surface area contributed by atoms with E-state index in [1.807, 2.05) is 11.9 Å². The molecule has 1 saturated heterocycles. The van der Waals surface area contributed by atoms with Crippen molar-refractivity contribution in [3.8, 4) is 11.1 Å². The van der Waals surface area contributed by atoms with Crippen molar-refractivity contribution in [1.29, 1.82) is 0 Å². The molecule has 1 heterocycles. The molecule has 0 spiro atoms. The highest BCUT2D eigenvalue weighted by Gasteiger charge is 2.25. The first-order chi connectivity index (χ1) is 10.6. The van der Waals surface area contributed by atoms with Gasteiger partial charge < -0.3 is 10.2 Å². The van der Waals surface area contributed by atoms with Gasteiger partial charge in [0.25, 0.3) is 0 Å². The van der Waals surface area contributed by atoms with Crippen molar-refractivity contribution in [1.82, 2.24) is 10.2 Å². The number of carbonyl (C=O) groups excluding carboxylic acids is 1. The minimum atomic E-state index is -0.106. The maximum absolute atomic E-state index is 12.2. The van der Waals surface area contributed by atoms with E-state index in [-0.39, 0.29) is 11.9 Å². The topological polar surface area (TPSA) is 32.3 Å². The van der Waals surface area contributed by atoms with Gasteiger partial charge in [0.2, 0.25) is 5.91 Å². The third-order valence-electron chi connectivity index (χ3n) is 4.34. The Morgan fingerprint density at radius 1 is 1.18 bits per heavy atom. The molecule has 2 aromatic carbocycles. The van der Waals surface area contributed by atoms with Crippen LogP contribution in [-0.2, 0) is 11.2 Å². The summed E-state index contributed by atoms with van der Waals surface area (Å²) in [6.07, 6.45) is 0.739. The monoisotopic (exact) mass is 294 g/mol. The Kier molecular flexibility index (Phi) is 4.25. The van der Waals surface area contributed by atoms with E-state index in [4.69, 9.17) is 0 Å². The fraction of sp³-hybridized carbons (Fsp3) is 0.316. The number of amides is 1. The van der Waals surface area contributed by atoms with Crippen LogP contribution < -0.4 is 5.32 Å². The third kappa shape index (κ3) is 3.04. The van der Waals surface area contributed by atoms with E-state index in [9.17, 15) is 4.79 Å². The molecular formula is C19H22N2O. The number of rotatable bonds is 3. The highest BCUT2D eigenvalue weighted by Crippen LogP contribution is 2.24. The zero-order valence-electron chi connectivity index (χ0n) is 13.2. The number of hydrogen-bond donors (Lipinski definition) is 1. The molecule has 0 saturated carbocycles. The van der Waals surface area contributed by atoms with Crippen LogP contribution in [0.15, 0.2) is 48.5 Å². The normalized spacial score (nSPS) is 18.5. The molecule has 3 heteroatoms. The minimum absolute atomic E-state index is 0.106. The van der Waals surface area contributed by atoms with E-state index >= 15 is 0 Å². The van der Waals surface area contributed by atoms with E-state index in [1.54, 1.807) is 0 Å². The van der Waals surface area contributed by atoms with Crippen LogP contribution >= 0.6 is 0 Å². The molecule has 0 aromatic heterocycles. The Morgan fingerprint density at radius 2 is 2.00 bits per heavy atom. The Morgan fingerprint density at radius 3 is 2.82 bits per heavy atom. The molecule has 1 fully saturated rings. The summed E-state index contributed by atoms with van der Waals surface area (Å²) < 4.78 is 0. The number of nitrogens with one attached hydrogen (secondary N) is 1. The zero-order chi connectivity index (χ0) is 15.5. The lowest BCUT2D eigenvalue weighted by Gasteiger charge is -2.30. The van der Waals surface area contributed by atoms with Crippen LogP contribution in [0.2, 0.25) is 0 Å². The summed E-state index contributed by atoms with van der Waals surface area (Å²) in [5.74, 6) is 0.188. The van der Waals surface area contributed by atoms with Crippen molar-refractivity contribution in [2.75, 3.05) is 20.1 Å². The third-order valence-corrected chi connectivity index (χ3v) is 4.34. The van der Waals surface area contributed by atoms with Crippen molar-refractivity contribution >= 4 is 5.91 Å². The fourth-order valence-corrected chi connectivity index (χ4v) is 3.03. The van der Waals surface area contributed by atoms with Crippen LogP contribution in [0.3, 0.4) is 0 Å². The molecule has 1 aliphatic rings. The number of carbonyl (C=O) groups is 1. The summed E-state index contributed by atoms with van der Waals surface area (Å²) in [5, 5.41) is 3.33. The molecule has 2 aromatic rings. The van der Waals surface area contributed by atoms with Gasteiger partial charge in [0, 0.05) is 20.1 Å². The van der Waals surface area contributed by atoms with Crippen LogP contribution in [0.4, 0.5) is 0 Å². The molecule has 1 amide bonds. The second-order valence-corrected chi connectivity index (χ2v) is 5.99. The first-order valence-electron chi connectivity index (χ1n) is 7.78. The summed E-state index contributed by atoms with van der Waals surface area (Å²) >= 11 is 0. The molecule has 0 radical (unpaired) electrons. The number of hydrogen-bond acceptors (Lipinski definition) is 2. The van der Waals surface area contributed by atoms with Crippen LogP contribution in [0.5, 0.6) is 0 Å². The lowest BCUT2D eigenvalue weighted by Crippen LogP contribution is -2.54. The molecular weight excluding hydrogens is 272 g/mol. The van der Waals surface area contributed by atoms with E-state index in [2.05, 4.69) is 60.8 Å². The first kappa shape index (κ1) is 14.8. The lowest BCUT2D eigenvalue weighted by atomic mass is 9.96. The van der Waals surface area contributed by atoms with E-state index < -0.39 is 0 Å². The first-order valence-corrected chi connectivity index (χ1v) is 7.78. The van der Waals surface area contributed by atoms with Gasteiger partial charge in [-0.25, -0.2) is 0 Å². The van der Waals surface area contributed by atoms with Crippen LogP contribution in [-0.4, -0.2) is 37.0 Å².